The second kappa shape index (κ2) is 10.0. The Labute approximate surface area is 238 Å². The molecule has 0 unspecified atom stereocenters. The minimum Gasteiger partial charge on any atom is -0.310 e. The van der Waals surface area contributed by atoms with Crippen LogP contribution in [0, 0.1) is 17.9 Å². The molecule has 0 aliphatic rings. The van der Waals surface area contributed by atoms with Gasteiger partial charge in [0.25, 0.3) is 0 Å². The van der Waals surface area contributed by atoms with Crippen molar-refractivity contribution in [2.24, 2.45) is 0 Å². The summed E-state index contributed by atoms with van der Waals surface area (Å²) < 4.78 is 2.21. The number of hydrogen-bond acceptors (Lipinski definition) is 1. The SMILES string of the molecule is [C-]#[N+]c1cc(-c2cccc(-c3cccc(-c4ccccc4)c3)c2C#N)cc(-n2c3ccccc3c3ccccc32)c1. The van der Waals surface area contributed by atoms with Gasteiger partial charge in [-0.3, -0.25) is 0 Å². The summed E-state index contributed by atoms with van der Waals surface area (Å²) in [5.74, 6) is 0. The molecule has 6 aromatic carbocycles. The highest BCUT2D eigenvalue weighted by atomic mass is 15.0. The summed E-state index contributed by atoms with van der Waals surface area (Å²) in [6.07, 6.45) is 0. The molecule has 1 aromatic heterocycles. The Balaban J connectivity index is 1.43. The monoisotopic (exact) mass is 521 g/mol. The van der Waals surface area contributed by atoms with Gasteiger partial charge in [-0.1, -0.05) is 103 Å². The molecule has 0 fully saturated rings. The number of hydrogen-bond donors (Lipinski definition) is 0. The topological polar surface area (TPSA) is 33.1 Å². The maximum Gasteiger partial charge on any atom is 0.189 e. The zero-order chi connectivity index (χ0) is 27.8. The van der Waals surface area contributed by atoms with E-state index in [4.69, 9.17) is 6.57 Å². The van der Waals surface area contributed by atoms with E-state index in [2.05, 4.69) is 82.2 Å². The van der Waals surface area contributed by atoms with E-state index < -0.39 is 0 Å². The second-order valence-corrected chi connectivity index (χ2v) is 10.0. The first-order valence-electron chi connectivity index (χ1n) is 13.5. The van der Waals surface area contributed by atoms with Gasteiger partial charge in [-0.25, -0.2) is 4.85 Å². The molecule has 41 heavy (non-hydrogen) atoms. The summed E-state index contributed by atoms with van der Waals surface area (Å²) in [7, 11) is 0. The highest BCUT2D eigenvalue weighted by Gasteiger charge is 2.16. The highest BCUT2D eigenvalue weighted by molar-refractivity contribution is 6.09. The minimum atomic E-state index is 0.528. The molecular weight excluding hydrogens is 498 g/mol. The van der Waals surface area contributed by atoms with Crippen LogP contribution < -0.4 is 0 Å². The largest absolute Gasteiger partial charge is 0.310 e. The van der Waals surface area contributed by atoms with Gasteiger partial charge in [0.15, 0.2) is 5.69 Å². The van der Waals surface area contributed by atoms with E-state index in [0.717, 1.165) is 60.9 Å². The van der Waals surface area contributed by atoms with Crippen molar-refractivity contribution in [3.63, 3.8) is 0 Å². The molecule has 0 N–H and O–H groups in total. The van der Waals surface area contributed by atoms with Gasteiger partial charge in [-0.05, 0) is 64.2 Å². The van der Waals surface area contributed by atoms with Crippen molar-refractivity contribution in [3.05, 3.63) is 157 Å². The third-order valence-electron chi connectivity index (χ3n) is 7.64. The van der Waals surface area contributed by atoms with Crippen molar-refractivity contribution in [2.45, 2.75) is 0 Å². The van der Waals surface area contributed by atoms with Gasteiger partial charge in [-0.15, -0.1) is 0 Å². The lowest BCUT2D eigenvalue weighted by Crippen LogP contribution is -1.96. The number of aromatic nitrogens is 1. The lowest BCUT2D eigenvalue weighted by molar-refractivity contribution is 1.18. The first-order chi connectivity index (χ1) is 20.2. The Kier molecular flexibility index (Phi) is 5.90. The van der Waals surface area contributed by atoms with Crippen LogP contribution in [0.3, 0.4) is 0 Å². The molecular formula is C38H23N3. The van der Waals surface area contributed by atoms with Crippen LogP contribution in [0.4, 0.5) is 5.69 Å². The molecule has 0 aliphatic carbocycles. The number of nitriles is 1. The normalized spacial score (nSPS) is 10.9. The van der Waals surface area contributed by atoms with Crippen molar-refractivity contribution < 1.29 is 0 Å². The summed E-state index contributed by atoms with van der Waals surface area (Å²) in [6, 6.07) is 49.6. The fraction of sp³-hybridized carbons (Fsp3) is 0. The van der Waals surface area contributed by atoms with Gasteiger partial charge in [0.2, 0.25) is 0 Å². The standard InChI is InChI=1S/C38H23N3/c1-40-30-22-29(23-31(24-30)41-37-19-7-5-15-34(37)35-16-6-8-20-38(35)41)33-18-10-17-32(36(33)25-39)28-14-9-13-27(21-28)26-11-3-2-4-12-26/h2-24H. The summed E-state index contributed by atoms with van der Waals surface area (Å²) in [5.41, 5.74) is 9.89. The van der Waals surface area contributed by atoms with Crippen LogP contribution in [0.5, 0.6) is 0 Å². The summed E-state index contributed by atoms with van der Waals surface area (Å²) in [5, 5.41) is 12.8. The predicted molar refractivity (Wildman–Crippen MR) is 168 cm³/mol. The average molecular weight is 522 g/mol. The quantitative estimate of drug-likeness (QED) is 0.212. The molecule has 3 heteroatoms. The highest BCUT2D eigenvalue weighted by Crippen LogP contribution is 2.38. The van der Waals surface area contributed by atoms with Gasteiger partial charge in [-0.2, -0.15) is 5.26 Å². The maximum absolute atomic E-state index is 10.5. The first-order valence-corrected chi connectivity index (χ1v) is 13.5. The number of fused-ring (bicyclic) bond motifs is 3. The van der Waals surface area contributed by atoms with Crippen LogP contribution in [-0.4, -0.2) is 4.57 Å². The van der Waals surface area contributed by atoms with E-state index in [1.54, 1.807) is 0 Å². The third kappa shape index (κ3) is 4.14. The number of benzene rings is 6. The Hall–Kier alpha value is -5.90. The van der Waals surface area contributed by atoms with E-state index >= 15 is 0 Å². The molecule has 0 saturated carbocycles. The molecule has 7 rings (SSSR count). The van der Waals surface area contributed by atoms with Gasteiger partial charge >= 0.3 is 0 Å². The zero-order valence-corrected chi connectivity index (χ0v) is 22.1. The van der Waals surface area contributed by atoms with E-state index in [9.17, 15) is 5.26 Å². The molecule has 0 saturated heterocycles. The van der Waals surface area contributed by atoms with Crippen LogP contribution in [0.2, 0.25) is 0 Å². The molecule has 190 valence electrons. The van der Waals surface area contributed by atoms with E-state index in [1.807, 2.05) is 72.8 Å². The molecule has 0 amide bonds. The molecule has 3 nitrogen and oxygen atoms in total. The molecule has 0 spiro atoms. The molecule has 0 atom stereocenters. The minimum absolute atomic E-state index is 0.528. The maximum atomic E-state index is 10.5. The Morgan fingerprint density at radius 1 is 0.537 bits per heavy atom. The van der Waals surface area contributed by atoms with Gasteiger partial charge < -0.3 is 4.57 Å². The van der Waals surface area contributed by atoms with Gasteiger partial charge in [0.05, 0.1) is 23.2 Å². The fourth-order valence-electron chi connectivity index (χ4n) is 5.80. The van der Waals surface area contributed by atoms with Crippen LogP contribution in [-0.2, 0) is 0 Å². The Bertz CT molecular complexity index is 2120. The second-order valence-electron chi connectivity index (χ2n) is 10.0. The van der Waals surface area contributed by atoms with Crippen molar-refractivity contribution in [1.82, 2.24) is 4.57 Å². The van der Waals surface area contributed by atoms with Crippen molar-refractivity contribution in [1.29, 1.82) is 5.26 Å². The summed E-state index contributed by atoms with van der Waals surface area (Å²) >= 11 is 0. The van der Waals surface area contributed by atoms with Crippen LogP contribution in [0.25, 0.3) is 65.7 Å². The summed E-state index contributed by atoms with van der Waals surface area (Å²) in [4.78, 5) is 3.82. The molecule has 7 aromatic rings. The van der Waals surface area contributed by atoms with Crippen LogP contribution in [0.1, 0.15) is 5.56 Å². The molecule has 1 heterocycles. The van der Waals surface area contributed by atoms with Crippen LogP contribution >= 0.6 is 0 Å². The lowest BCUT2D eigenvalue weighted by atomic mass is 9.91. The van der Waals surface area contributed by atoms with Crippen LogP contribution in [0.15, 0.2) is 140 Å². The van der Waals surface area contributed by atoms with Crippen molar-refractivity contribution in [3.8, 4) is 45.1 Å². The van der Waals surface area contributed by atoms with Crippen molar-refractivity contribution >= 4 is 27.5 Å². The van der Waals surface area contributed by atoms with E-state index in [-0.39, 0.29) is 0 Å². The van der Waals surface area contributed by atoms with Gasteiger partial charge in [0.1, 0.15) is 6.07 Å². The molecule has 0 radical (unpaired) electrons. The smallest absolute Gasteiger partial charge is 0.189 e. The summed E-state index contributed by atoms with van der Waals surface area (Å²) in [6.45, 7) is 7.88. The fourth-order valence-corrected chi connectivity index (χ4v) is 5.80. The molecule has 0 bridgehead atoms. The molecule has 0 aliphatic heterocycles. The number of nitrogens with zero attached hydrogens (tertiary/aromatic N) is 3. The van der Waals surface area contributed by atoms with Gasteiger partial charge in [0, 0.05) is 22.0 Å². The number of para-hydroxylation sites is 2. The first kappa shape index (κ1) is 24.2. The zero-order valence-electron chi connectivity index (χ0n) is 22.1. The lowest BCUT2D eigenvalue weighted by Gasteiger charge is -2.14. The van der Waals surface area contributed by atoms with E-state index in [1.165, 1.54) is 0 Å². The average Bonchev–Trinajstić information content (AvgIpc) is 3.39. The van der Waals surface area contributed by atoms with E-state index in [0.29, 0.717) is 11.3 Å². The Morgan fingerprint density at radius 3 is 1.80 bits per heavy atom. The Morgan fingerprint density at radius 2 is 1.12 bits per heavy atom. The number of rotatable bonds is 4. The third-order valence-corrected chi connectivity index (χ3v) is 7.64. The predicted octanol–water partition coefficient (Wildman–Crippen LogP) is 10.2. The van der Waals surface area contributed by atoms with Crippen molar-refractivity contribution in [2.75, 3.05) is 0 Å².